The number of carbonyl (C=O) groups is 1. The van der Waals surface area contributed by atoms with Crippen LogP contribution in [0.3, 0.4) is 0 Å². The summed E-state index contributed by atoms with van der Waals surface area (Å²) < 4.78 is 5.56. The molecule has 8 heteroatoms. The van der Waals surface area contributed by atoms with Gasteiger partial charge in [-0.2, -0.15) is 0 Å². The molecule has 1 N–H and O–H groups in total. The van der Waals surface area contributed by atoms with E-state index >= 15 is 0 Å². The van der Waals surface area contributed by atoms with Crippen LogP contribution in [0, 0.1) is 16.0 Å². The number of nitro benzene ring substituents is 1. The molecule has 2 fully saturated rings. The fourth-order valence-corrected chi connectivity index (χ4v) is 4.14. The van der Waals surface area contributed by atoms with Crippen molar-refractivity contribution in [2.45, 2.75) is 38.7 Å². The van der Waals surface area contributed by atoms with E-state index in [2.05, 4.69) is 11.8 Å². The standard InChI is InChI=1S/C20H29N3O5/c1-15-4-2-8-21(13-15)18-7-6-16(12-19(18)23(26)27)20(25)22-9-3-5-17(14-22)28-11-10-24/h6-7,12,15,17,24H,2-5,8-11,13-14H2,1H3/t15-,17-/m0/s1. The van der Waals surface area contributed by atoms with Gasteiger partial charge in [0.15, 0.2) is 0 Å². The smallest absolute Gasteiger partial charge is 0.293 e. The van der Waals surface area contributed by atoms with Gasteiger partial charge in [0.25, 0.3) is 11.6 Å². The summed E-state index contributed by atoms with van der Waals surface area (Å²) in [5.74, 6) is 0.290. The van der Waals surface area contributed by atoms with Crippen LogP contribution in [-0.2, 0) is 4.74 Å². The molecule has 2 atom stereocenters. The van der Waals surface area contributed by atoms with Crippen LogP contribution >= 0.6 is 0 Å². The normalized spacial score (nSPS) is 22.9. The van der Waals surface area contributed by atoms with Gasteiger partial charge in [0.05, 0.1) is 24.2 Å². The third-order valence-electron chi connectivity index (χ3n) is 5.53. The fourth-order valence-electron chi connectivity index (χ4n) is 4.14. The van der Waals surface area contributed by atoms with Crippen LogP contribution in [0.5, 0.6) is 0 Å². The van der Waals surface area contributed by atoms with Crippen molar-refractivity contribution < 1.29 is 19.6 Å². The number of aliphatic hydroxyl groups excluding tert-OH is 1. The van der Waals surface area contributed by atoms with Gasteiger partial charge in [-0.05, 0) is 43.7 Å². The van der Waals surface area contributed by atoms with Crippen molar-refractivity contribution >= 4 is 17.3 Å². The molecule has 0 unspecified atom stereocenters. The first-order valence-corrected chi connectivity index (χ1v) is 10.0. The van der Waals surface area contributed by atoms with Crippen molar-refractivity contribution in [3.05, 3.63) is 33.9 Å². The quantitative estimate of drug-likeness (QED) is 0.591. The Morgan fingerprint density at radius 3 is 2.79 bits per heavy atom. The number of hydrogen-bond donors (Lipinski definition) is 1. The molecule has 154 valence electrons. The molecular formula is C20H29N3O5. The molecule has 2 aliphatic rings. The van der Waals surface area contributed by atoms with Gasteiger partial charge in [-0.15, -0.1) is 0 Å². The zero-order chi connectivity index (χ0) is 20.1. The number of likely N-dealkylation sites (tertiary alicyclic amines) is 1. The zero-order valence-corrected chi connectivity index (χ0v) is 16.4. The topological polar surface area (TPSA) is 96.2 Å². The highest BCUT2D eigenvalue weighted by molar-refractivity contribution is 5.96. The summed E-state index contributed by atoms with van der Waals surface area (Å²) in [5.41, 5.74) is 0.921. The Morgan fingerprint density at radius 2 is 2.07 bits per heavy atom. The minimum Gasteiger partial charge on any atom is -0.394 e. The number of hydrogen-bond acceptors (Lipinski definition) is 6. The van der Waals surface area contributed by atoms with Crippen molar-refractivity contribution in [3.63, 3.8) is 0 Å². The minimum atomic E-state index is -0.394. The SMILES string of the molecule is C[C@H]1CCCN(c2ccc(C(=O)N3CCC[C@H](OCCO)C3)cc2[N+](=O)[O-])C1. The second-order valence-electron chi connectivity index (χ2n) is 7.76. The van der Waals surface area contributed by atoms with Crippen molar-refractivity contribution in [2.75, 3.05) is 44.3 Å². The van der Waals surface area contributed by atoms with Gasteiger partial charge < -0.3 is 19.6 Å². The molecular weight excluding hydrogens is 362 g/mol. The van der Waals surface area contributed by atoms with Crippen LogP contribution in [-0.4, -0.2) is 66.3 Å². The first-order chi connectivity index (χ1) is 13.5. The van der Waals surface area contributed by atoms with Gasteiger partial charge in [-0.25, -0.2) is 0 Å². The number of ether oxygens (including phenoxy) is 1. The van der Waals surface area contributed by atoms with Crippen LogP contribution in [0.4, 0.5) is 11.4 Å². The van der Waals surface area contributed by atoms with Crippen molar-refractivity contribution in [1.29, 1.82) is 0 Å². The van der Waals surface area contributed by atoms with E-state index in [1.54, 1.807) is 17.0 Å². The summed E-state index contributed by atoms with van der Waals surface area (Å²) in [7, 11) is 0. The molecule has 1 aromatic rings. The Hall–Kier alpha value is -2.19. The number of piperidine rings is 2. The summed E-state index contributed by atoms with van der Waals surface area (Å²) >= 11 is 0. The van der Waals surface area contributed by atoms with Crippen LogP contribution < -0.4 is 4.90 Å². The largest absolute Gasteiger partial charge is 0.394 e. The van der Waals surface area contributed by atoms with Crippen LogP contribution in [0.2, 0.25) is 0 Å². The second kappa shape index (κ2) is 9.34. The van der Waals surface area contributed by atoms with E-state index in [0.717, 1.165) is 38.8 Å². The highest BCUT2D eigenvalue weighted by Crippen LogP contribution is 2.33. The highest BCUT2D eigenvalue weighted by Gasteiger charge is 2.28. The lowest BCUT2D eigenvalue weighted by molar-refractivity contribution is -0.384. The molecule has 0 saturated carbocycles. The van der Waals surface area contributed by atoms with E-state index in [9.17, 15) is 14.9 Å². The van der Waals surface area contributed by atoms with Gasteiger partial charge >= 0.3 is 0 Å². The van der Waals surface area contributed by atoms with Crippen molar-refractivity contribution in [2.24, 2.45) is 5.92 Å². The monoisotopic (exact) mass is 391 g/mol. The van der Waals surface area contributed by atoms with Gasteiger partial charge in [0.2, 0.25) is 0 Å². The first kappa shape index (κ1) is 20.5. The average molecular weight is 391 g/mol. The number of nitro groups is 1. The Labute approximate surface area is 165 Å². The molecule has 2 heterocycles. The molecule has 1 amide bonds. The van der Waals surface area contributed by atoms with Gasteiger partial charge in [0, 0.05) is 37.8 Å². The predicted molar refractivity (Wildman–Crippen MR) is 106 cm³/mol. The lowest BCUT2D eigenvalue weighted by Crippen LogP contribution is -2.43. The maximum absolute atomic E-state index is 12.9. The number of benzene rings is 1. The van der Waals surface area contributed by atoms with Crippen molar-refractivity contribution in [3.8, 4) is 0 Å². The Kier molecular flexibility index (Phi) is 6.85. The number of aliphatic hydroxyl groups is 1. The fraction of sp³-hybridized carbons (Fsp3) is 0.650. The van der Waals surface area contributed by atoms with Gasteiger partial charge in [-0.1, -0.05) is 6.92 Å². The van der Waals surface area contributed by atoms with E-state index in [-0.39, 0.29) is 30.9 Å². The van der Waals surface area contributed by atoms with Crippen LogP contribution in [0.15, 0.2) is 18.2 Å². The number of carbonyl (C=O) groups excluding carboxylic acids is 1. The number of rotatable bonds is 6. The molecule has 8 nitrogen and oxygen atoms in total. The number of anilines is 1. The lowest BCUT2D eigenvalue weighted by atomic mass is 9.99. The van der Waals surface area contributed by atoms with E-state index < -0.39 is 4.92 Å². The average Bonchev–Trinajstić information content (AvgIpc) is 2.71. The highest BCUT2D eigenvalue weighted by atomic mass is 16.6. The molecule has 0 radical (unpaired) electrons. The maximum atomic E-state index is 12.9. The van der Waals surface area contributed by atoms with E-state index in [4.69, 9.17) is 9.84 Å². The Balaban J connectivity index is 1.77. The number of amides is 1. The summed E-state index contributed by atoms with van der Waals surface area (Å²) in [6, 6.07) is 4.82. The van der Waals surface area contributed by atoms with Gasteiger partial charge in [-0.3, -0.25) is 14.9 Å². The van der Waals surface area contributed by atoms with Gasteiger partial charge in [0.1, 0.15) is 5.69 Å². The lowest BCUT2D eigenvalue weighted by Gasteiger charge is -2.33. The first-order valence-electron chi connectivity index (χ1n) is 10.0. The molecule has 28 heavy (non-hydrogen) atoms. The maximum Gasteiger partial charge on any atom is 0.293 e. The summed E-state index contributed by atoms with van der Waals surface area (Å²) in [6.07, 6.45) is 3.70. The number of nitrogens with zero attached hydrogens (tertiary/aromatic N) is 3. The van der Waals surface area contributed by atoms with Crippen LogP contribution in [0.25, 0.3) is 0 Å². The predicted octanol–water partition coefficient (Wildman–Crippen LogP) is 2.44. The van der Waals surface area contributed by atoms with E-state index in [1.165, 1.54) is 6.07 Å². The Bertz CT molecular complexity index is 711. The minimum absolute atomic E-state index is 0.00922. The summed E-state index contributed by atoms with van der Waals surface area (Å²) in [6.45, 7) is 5.00. The van der Waals surface area contributed by atoms with Crippen LogP contribution in [0.1, 0.15) is 43.0 Å². The van der Waals surface area contributed by atoms with E-state index in [0.29, 0.717) is 30.3 Å². The summed E-state index contributed by atoms with van der Waals surface area (Å²) in [4.78, 5) is 27.9. The molecule has 2 aliphatic heterocycles. The molecule has 2 saturated heterocycles. The third kappa shape index (κ3) is 4.80. The summed E-state index contributed by atoms with van der Waals surface area (Å²) in [5, 5.41) is 20.6. The van der Waals surface area contributed by atoms with E-state index in [1.807, 2.05) is 0 Å². The van der Waals surface area contributed by atoms with Crippen molar-refractivity contribution in [1.82, 2.24) is 4.90 Å². The molecule has 1 aromatic carbocycles. The second-order valence-corrected chi connectivity index (χ2v) is 7.76. The zero-order valence-electron chi connectivity index (χ0n) is 16.4. The molecule has 0 bridgehead atoms. The molecule has 0 aromatic heterocycles. The molecule has 0 spiro atoms. The molecule has 3 rings (SSSR count). The molecule has 0 aliphatic carbocycles. The Morgan fingerprint density at radius 1 is 1.29 bits per heavy atom. The third-order valence-corrected chi connectivity index (χ3v) is 5.53.